The van der Waals surface area contributed by atoms with Gasteiger partial charge in [0.15, 0.2) is 5.96 Å². The van der Waals surface area contributed by atoms with Gasteiger partial charge in [-0.25, -0.2) is 4.98 Å². The Bertz CT molecular complexity index is 560. The van der Waals surface area contributed by atoms with Gasteiger partial charge in [0.1, 0.15) is 5.82 Å². The minimum absolute atomic E-state index is 0. The first kappa shape index (κ1) is 22.0. The Kier molecular flexibility index (Phi) is 8.92. The zero-order chi connectivity index (χ0) is 17.7. The van der Waals surface area contributed by atoms with Crippen LogP contribution in [0, 0.1) is 5.92 Å². The van der Waals surface area contributed by atoms with Crippen LogP contribution in [0.25, 0.3) is 0 Å². The van der Waals surface area contributed by atoms with Crippen LogP contribution in [0.15, 0.2) is 23.3 Å². The van der Waals surface area contributed by atoms with Gasteiger partial charge in [-0.1, -0.05) is 6.92 Å². The molecule has 1 aromatic heterocycles. The van der Waals surface area contributed by atoms with Crippen molar-refractivity contribution in [2.24, 2.45) is 10.9 Å². The van der Waals surface area contributed by atoms with Gasteiger partial charge >= 0.3 is 0 Å². The van der Waals surface area contributed by atoms with Crippen LogP contribution in [0.1, 0.15) is 26.3 Å². The summed E-state index contributed by atoms with van der Waals surface area (Å²) in [7, 11) is 5.83. The van der Waals surface area contributed by atoms with Gasteiger partial charge in [0, 0.05) is 59.1 Å². The lowest BCUT2D eigenvalue weighted by Crippen LogP contribution is -2.46. The van der Waals surface area contributed by atoms with E-state index < -0.39 is 0 Å². The lowest BCUT2D eigenvalue weighted by molar-refractivity contribution is 0.265. The van der Waals surface area contributed by atoms with Gasteiger partial charge in [-0.15, -0.1) is 24.0 Å². The molecule has 1 fully saturated rings. The van der Waals surface area contributed by atoms with Gasteiger partial charge < -0.3 is 15.5 Å². The van der Waals surface area contributed by atoms with Crippen molar-refractivity contribution in [2.45, 2.75) is 39.4 Å². The van der Waals surface area contributed by atoms with Gasteiger partial charge in [0.05, 0.1) is 0 Å². The monoisotopic (exact) mass is 460 g/mol. The smallest absolute Gasteiger partial charge is 0.191 e. The highest BCUT2D eigenvalue weighted by Crippen LogP contribution is 2.18. The predicted molar refractivity (Wildman–Crippen MR) is 117 cm³/mol. The molecule has 7 heteroatoms. The Morgan fingerprint density at radius 1 is 1.40 bits per heavy atom. The van der Waals surface area contributed by atoms with E-state index in [2.05, 4.69) is 52.3 Å². The number of aromatic nitrogens is 1. The van der Waals surface area contributed by atoms with Gasteiger partial charge in [-0.3, -0.25) is 9.89 Å². The normalized spacial score (nSPS) is 21.2. The highest BCUT2D eigenvalue weighted by Gasteiger charge is 2.31. The third kappa shape index (κ3) is 6.29. The number of likely N-dealkylation sites (tertiary alicyclic amines) is 1. The Morgan fingerprint density at radius 3 is 2.68 bits per heavy atom. The van der Waals surface area contributed by atoms with Crippen LogP contribution < -0.4 is 15.5 Å². The fraction of sp³-hybridized carbons (Fsp3) is 0.667. The summed E-state index contributed by atoms with van der Waals surface area (Å²) in [4.78, 5) is 13.3. The summed E-state index contributed by atoms with van der Waals surface area (Å²) >= 11 is 0. The number of hydrogen-bond acceptors (Lipinski definition) is 4. The van der Waals surface area contributed by atoms with E-state index in [0.29, 0.717) is 18.0 Å². The maximum Gasteiger partial charge on any atom is 0.191 e. The lowest BCUT2D eigenvalue weighted by Gasteiger charge is -2.22. The number of aliphatic imine (C=N–C) groups is 1. The second-order valence-electron chi connectivity index (χ2n) is 7.12. The summed E-state index contributed by atoms with van der Waals surface area (Å²) in [5.41, 5.74) is 1.19. The van der Waals surface area contributed by atoms with Crippen LogP contribution >= 0.6 is 24.0 Å². The summed E-state index contributed by atoms with van der Waals surface area (Å²) in [6, 6.07) is 5.16. The molecule has 1 saturated heterocycles. The van der Waals surface area contributed by atoms with Gasteiger partial charge in [-0.2, -0.15) is 0 Å². The summed E-state index contributed by atoms with van der Waals surface area (Å²) in [5, 5.41) is 7.00. The van der Waals surface area contributed by atoms with E-state index in [0.717, 1.165) is 31.4 Å². The standard InChI is InChI=1S/C18H32N6.HI/c1-13(2)24-11-14(3)16(12-24)22-18(19-4)21-10-15-7-8-20-17(9-15)23(5)6;/h7-9,13-14,16H,10-12H2,1-6H3,(H2,19,21,22);1H. The molecule has 1 aliphatic heterocycles. The van der Waals surface area contributed by atoms with Crippen molar-refractivity contribution >= 4 is 35.8 Å². The molecule has 2 rings (SSSR count). The van der Waals surface area contributed by atoms with Crippen LogP contribution in [0.5, 0.6) is 0 Å². The van der Waals surface area contributed by atoms with E-state index in [-0.39, 0.29) is 24.0 Å². The number of guanidine groups is 1. The van der Waals surface area contributed by atoms with Crippen molar-refractivity contribution in [3.05, 3.63) is 23.9 Å². The first-order valence-corrected chi connectivity index (χ1v) is 8.74. The predicted octanol–water partition coefficient (Wildman–Crippen LogP) is 2.16. The van der Waals surface area contributed by atoms with Crippen molar-refractivity contribution < 1.29 is 0 Å². The third-order valence-corrected chi connectivity index (χ3v) is 4.64. The first-order chi connectivity index (χ1) is 11.4. The van der Waals surface area contributed by atoms with E-state index in [9.17, 15) is 0 Å². The van der Waals surface area contributed by atoms with Crippen LogP contribution in [0.4, 0.5) is 5.82 Å². The number of halogens is 1. The minimum atomic E-state index is 0. The van der Waals surface area contributed by atoms with Gasteiger partial charge in [0.25, 0.3) is 0 Å². The molecule has 0 spiro atoms. The maximum atomic E-state index is 4.38. The van der Waals surface area contributed by atoms with Crippen LogP contribution in [-0.2, 0) is 6.54 Å². The first-order valence-electron chi connectivity index (χ1n) is 8.74. The molecule has 2 unspecified atom stereocenters. The summed E-state index contributed by atoms with van der Waals surface area (Å²) in [5.74, 6) is 2.45. The van der Waals surface area contributed by atoms with Crippen LogP contribution in [0.2, 0.25) is 0 Å². The number of pyridine rings is 1. The Hall–Kier alpha value is -1.09. The number of nitrogens with one attached hydrogen (secondary N) is 2. The van der Waals surface area contributed by atoms with Crippen molar-refractivity contribution in [1.82, 2.24) is 20.5 Å². The number of nitrogens with zero attached hydrogens (tertiary/aromatic N) is 4. The quantitative estimate of drug-likeness (QED) is 0.401. The molecule has 0 saturated carbocycles. The fourth-order valence-corrected chi connectivity index (χ4v) is 2.98. The zero-order valence-corrected chi connectivity index (χ0v) is 18.6. The van der Waals surface area contributed by atoms with E-state index in [1.807, 2.05) is 38.3 Å². The molecular formula is C18H33IN6. The molecule has 142 valence electrons. The van der Waals surface area contributed by atoms with Gasteiger partial charge in [-0.05, 0) is 37.5 Å². The average molecular weight is 460 g/mol. The van der Waals surface area contributed by atoms with Crippen LogP contribution in [0.3, 0.4) is 0 Å². The second-order valence-corrected chi connectivity index (χ2v) is 7.12. The number of anilines is 1. The number of hydrogen-bond donors (Lipinski definition) is 2. The highest BCUT2D eigenvalue weighted by molar-refractivity contribution is 14.0. The topological polar surface area (TPSA) is 55.8 Å². The third-order valence-electron chi connectivity index (χ3n) is 4.64. The van der Waals surface area contributed by atoms with Gasteiger partial charge in [0.2, 0.25) is 0 Å². The largest absolute Gasteiger partial charge is 0.363 e. The minimum Gasteiger partial charge on any atom is -0.363 e. The zero-order valence-electron chi connectivity index (χ0n) is 16.3. The Morgan fingerprint density at radius 2 is 2.12 bits per heavy atom. The van der Waals surface area contributed by atoms with Crippen molar-refractivity contribution in [3.8, 4) is 0 Å². The molecule has 1 aliphatic rings. The molecule has 0 aliphatic carbocycles. The van der Waals surface area contributed by atoms with Crippen molar-refractivity contribution in [1.29, 1.82) is 0 Å². The number of rotatable bonds is 5. The average Bonchev–Trinajstić information content (AvgIpc) is 2.92. The molecule has 25 heavy (non-hydrogen) atoms. The molecule has 0 aromatic carbocycles. The Balaban J connectivity index is 0.00000312. The van der Waals surface area contributed by atoms with Crippen molar-refractivity contribution in [3.63, 3.8) is 0 Å². The molecular weight excluding hydrogens is 427 g/mol. The summed E-state index contributed by atoms with van der Waals surface area (Å²) in [6.07, 6.45) is 1.85. The van der Waals surface area contributed by atoms with Crippen molar-refractivity contribution in [2.75, 3.05) is 39.1 Å². The maximum absolute atomic E-state index is 4.38. The molecule has 0 radical (unpaired) electrons. The fourth-order valence-electron chi connectivity index (χ4n) is 2.98. The Labute approximate surface area is 169 Å². The van der Waals surface area contributed by atoms with Crippen LogP contribution in [-0.4, -0.2) is 62.2 Å². The second kappa shape index (κ2) is 10.2. The molecule has 2 heterocycles. The molecule has 1 aromatic rings. The van der Waals surface area contributed by atoms with E-state index >= 15 is 0 Å². The van der Waals surface area contributed by atoms with E-state index in [1.54, 1.807) is 0 Å². The molecule has 0 bridgehead atoms. The molecule has 6 nitrogen and oxygen atoms in total. The molecule has 2 atom stereocenters. The lowest BCUT2D eigenvalue weighted by atomic mass is 10.1. The summed E-state index contributed by atoms with van der Waals surface area (Å²) in [6.45, 7) is 9.77. The summed E-state index contributed by atoms with van der Waals surface area (Å²) < 4.78 is 0. The highest BCUT2D eigenvalue weighted by atomic mass is 127. The molecule has 2 N–H and O–H groups in total. The molecule has 0 amide bonds. The van der Waals surface area contributed by atoms with E-state index in [4.69, 9.17) is 0 Å². The van der Waals surface area contributed by atoms with E-state index in [1.165, 1.54) is 5.56 Å². The SMILES string of the molecule is CN=C(NCc1ccnc(N(C)C)c1)NC1CN(C(C)C)CC1C.I.